The first-order valence-corrected chi connectivity index (χ1v) is 11.7. The molecule has 0 saturated carbocycles. The van der Waals surface area contributed by atoms with Gasteiger partial charge in [-0.25, -0.2) is 8.42 Å². The predicted octanol–water partition coefficient (Wildman–Crippen LogP) is 6.50. The number of sulfonamides is 1. The summed E-state index contributed by atoms with van der Waals surface area (Å²) in [4.78, 5) is 12.5. The molecule has 0 heterocycles. The number of nitrogens with one attached hydrogen (secondary N) is 1. The summed E-state index contributed by atoms with van der Waals surface area (Å²) < 4.78 is 67.2. The molecule has 0 aliphatic rings. The lowest BCUT2D eigenvalue weighted by molar-refractivity contribution is -0.137. The van der Waals surface area contributed by atoms with Crippen molar-refractivity contribution < 1.29 is 26.4 Å². The Labute approximate surface area is 202 Å². The lowest BCUT2D eigenvalue weighted by atomic mass is 10.2. The second-order valence-corrected chi connectivity index (χ2v) is 9.75. The van der Waals surface area contributed by atoms with Gasteiger partial charge in [0.15, 0.2) is 0 Å². The molecule has 0 fully saturated rings. The number of halogens is 6. The third-order valence-corrected chi connectivity index (χ3v) is 7.22. The van der Waals surface area contributed by atoms with Crippen LogP contribution >= 0.6 is 34.8 Å². The third-order valence-electron chi connectivity index (χ3n) is 4.37. The Morgan fingerprint density at radius 3 is 2.12 bits per heavy atom. The molecule has 0 aliphatic heterocycles. The maximum Gasteiger partial charge on any atom is 0.417 e. The van der Waals surface area contributed by atoms with E-state index in [1.807, 2.05) is 0 Å². The van der Waals surface area contributed by atoms with E-state index in [4.69, 9.17) is 34.8 Å². The van der Waals surface area contributed by atoms with Crippen molar-refractivity contribution in [3.05, 3.63) is 87.4 Å². The Morgan fingerprint density at radius 1 is 0.879 bits per heavy atom. The molecule has 0 aliphatic carbocycles. The number of carbonyl (C=O) groups is 1. The first-order valence-electron chi connectivity index (χ1n) is 9.09. The van der Waals surface area contributed by atoms with Crippen LogP contribution in [0, 0.1) is 0 Å². The number of alkyl halides is 3. The lowest BCUT2D eigenvalue weighted by Crippen LogP contribution is -2.38. The van der Waals surface area contributed by atoms with Gasteiger partial charge in [0.2, 0.25) is 5.91 Å². The van der Waals surface area contributed by atoms with Crippen molar-refractivity contribution in [2.45, 2.75) is 11.1 Å². The Bertz CT molecular complexity index is 1290. The summed E-state index contributed by atoms with van der Waals surface area (Å²) in [5.41, 5.74) is -1.40. The zero-order chi connectivity index (χ0) is 24.4. The summed E-state index contributed by atoms with van der Waals surface area (Å²) in [6.45, 7) is -0.823. The van der Waals surface area contributed by atoms with Crippen LogP contribution in [0.1, 0.15) is 5.56 Å². The standard InChI is InChI=1S/C21H14Cl3F3N2O3S/c22-17-9-7-14(11-16(17)21(25,26)27)29(33(31,32)15-4-2-1-3-5-15)12-20(30)28-13-6-8-18(23)19(24)10-13/h1-11H,12H2,(H,28,30). The average molecular weight is 538 g/mol. The second-order valence-electron chi connectivity index (χ2n) is 6.66. The van der Waals surface area contributed by atoms with Crippen molar-refractivity contribution in [1.29, 1.82) is 0 Å². The SMILES string of the molecule is O=C(CN(c1ccc(Cl)c(C(F)(F)F)c1)S(=O)(=O)c1ccccc1)Nc1ccc(Cl)c(Cl)c1. The van der Waals surface area contributed by atoms with Crippen LogP contribution in [0.15, 0.2) is 71.6 Å². The van der Waals surface area contributed by atoms with E-state index in [-0.39, 0.29) is 26.3 Å². The van der Waals surface area contributed by atoms with E-state index in [0.29, 0.717) is 10.4 Å². The van der Waals surface area contributed by atoms with Gasteiger partial charge in [0.1, 0.15) is 6.54 Å². The van der Waals surface area contributed by atoms with Crippen molar-refractivity contribution in [3.63, 3.8) is 0 Å². The fourth-order valence-electron chi connectivity index (χ4n) is 2.83. The Kier molecular flexibility index (Phi) is 7.48. The monoisotopic (exact) mass is 536 g/mol. The first-order chi connectivity index (χ1) is 15.4. The van der Waals surface area contributed by atoms with Crippen LogP contribution < -0.4 is 9.62 Å². The number of hydrogen-bond donors (Lipinski definition) is 1. The van der Waals surface area contributed by atoms with Crippen LogP contribution in [0.25, 0.3) is 0 Å². The topological polar surface area (TPSA) is 66.5 Å². The zero-order valence-corrected chi connectivity index (χ0v) is 19.5. The summed E-state index contributed by atoms with van der Waals surface area (Å²) >= 11 is 17.4. The highest BCUT2D eigenvalue weighted by Gasteiger charge is 2.35. The molecule has 0 radical (unpaired) electrons. The molecule has 174 valence electrons. The fraction of sp³-hybridized carbons (Fsp3) is 0.0952. The summed E-state index contributed by atoms with van der Waals surface area (Å²) in [6, 6.07) is 13.8. The summed E-state index contributed by atoms with van der Waals surface area (Å²) in [7, 11) is -4.42. The number of amides is 1. The van der Waals surface area contributed by atoms with Crippen LogP contribution in [0.4, 0.5) is 24.5 Å². The average Bonchev–Trinajstić information content (AvgIpc) is 2.75. The van der Waals surface area contributed by atoms with E-state index < -0.39 is 39.2 Å². The zero-order valence-electron chi connectivity index (χ0n) is 16.4. The summed E-state index contributed by atoms with van der Waals surface area (Å²) in [5, 5.41) is 2.23. The molecule has 0 atom stereocenters. The summed E-state index contributed by atoms with van der Waals surface area (Å²) in [5.74, 6) is -0.823. The van der Waals surface area contributed by atoms with Crippen molar-refractivity contribution in [2.75, 3.05) is 16.2 Å². The van der Waals surface area contributed by atoms with Crippen molar-refractivity contribution in [3.8, 4) is 0 Å². The maximum absolute atomic E-state index is 13.4. The molecule has 0 aromatic heterocycles. The van der Waals surface area contributed by atoms with Gasteiger partial charge in [0.25, 0.3) is 10.0 Å². The van der Waals surface area contributed by atoms with Gasteiger partial charge >= 0.3 is 6.18 Å². The fourth-order valence-corrected chi connectivity index (χ4v) is 4.78. The van der Waals surface area contributed by atoms with E-state index >= 15 is 0 Å². The molecule has 33 heavy (non-hydrogen) atoms. The van der Waals surface area contributed by atoms with Gasteiger partial charge in [0, 0.05) is 5.69 Å². The van der Waals surface area contributed by atoms with Gasteiger partial charge in [0.05, 0.1) is 31.2 Å². The number of hydrogen-bond acceptors (Lipinski definition) is 3. The molecule has 1 amide bonds. The largest absolute Gasteiger partial charge is 0.417 e. The molecule has 0 spiro atoms. The third kappa shape index (κ3) is 5.92. The molecule has 12 heteroatoms. The number of nitrogens with zero attached hydrogens (tertiary/aromatic N) is 1. The number of carbonyl (C=O) groups excluding carboxylic acids is 1. The minimum atomic E-state index is -4.84. The predicted molar refractivity (Wildman–Crippen MR) is 123 cm³/mol. The van der Waals surface area contributed by atoms with E-state index in [2.05, 4.69) is 5.32 Å². The Hall–Kier alpha value is -2.46. The summed E-state index contributed by atoms with van der Waals surface area (Å²) in [6.07, 6.45) is -4.84. The molecule has 5 nitrogen and oxygen atoms in total. The van der Waals surface area contributed by atoms with Gasteiger partial charge in [-0.05, 0) is 48.5 Å². The molecule has 0 unspecified atom stereocenters. The molecular formula is C21H14Cl3F3N2O3S. The minimum absolute atomic E-state index is 0.149. The molecular weight excluding hydrogens is 524 g/mol. The highest BCUT2D eigenvalue weighted by Crippen LogP contribution is 2.38. The number of benzene rings is 3. The molecule has 0 bridgehead atoms. The van der Waals surface area contributed by atoms with Crippen molar-refractivity contribution in [2.24, 2.45) is 0 Å². The molecule has 3 aromatic carbocycles. The quantitative estimate of drug-likeness (QED) is 0.390. The lowest BCUT2D eigenvalue weighted by Gasteiger charge is -2.25. The molecule has 3 rings (SSSR count). The first kappa shape index (κ1) is 25.2. The normalized spacial score (nSPS) is 11.8. The van der Waals surface area contributed by atoms with Crippen LogP contribution in [-0.4, -0.2) is 20.9 Å². The van der Waals surface area contributed by atoms with Crippen LogP contribution in [-0.2, 0) is 21.0 Å². The van der Waals surface area contributed by atoms with Crippen molar-refractivity contribution >= 4 is 62.1 Å². The van der Waals surface area contributed by atoms with Gasteiger partial charge in [-0.3, -0.25) is 9.10 Å². The second kappa shape index (κ2) is 9.80. The van der Waals surface area contributed by atoms with Gasteiger partial charge < -0.3 is 5.32 Å². The van der Waals surface area contributed by atoms with E-state index in [1.54, 1.807) is 6.07 Å². The molecule has 1 N–H and O–H groups in total. The molecule has 0 saturated heterocycles. The van der Waals surface area contributed by atoms with Gasteiger partial charge in [-0.2, -0.15) is 13.2 Å². The number of rotatable bonds is 6. The highest BCUT2D eigenvalue weighted by molar-refractivity contribution is 7.92. The van der Waals surface area contributed by atoms with E-state index in [0.717, 1.165) is 12.1 Å². The van der Waals surface area contributed by atoms with E-state index in [1.165, 1.54) is 42.5 Å². The minimum Gasteiger partial charge on any atom is -0.324 e. The van der Waals surface area contributed by atoms with E-state index in [9.17, 15) is 26.4 Å². The van der Waals surface area contributed by atoms with Gasteiger partial charge in [-0.1, -0.05) is 53.0 Å². The smallest absolute Gasteiger partial charge is 0.324 e. The van der Waals surface area contributed by atoms with Crippen LogP contribution in [0.2, 0.25) is 15.1 Å². The van der Waals surface area contributed by atoms with Crippen LogP contribution in [0.3, 0.4) is 0 Å². The highest BCUT2D eigenvalue weighted by atomic mass is 35.5. The maximum atomic E-state index is 13.4. The van der Waals surface area contributed by atoms with Gasteiger partial charge in [-0.15, -0.1) is 0 Å². The molecule has 3 aromatic rings. The Morgan fingerprint density at radius 2 is 1.52 bits per heavy atom. The van der Waals surface area contributed by atoms with Crippen molar-refractivity contribution in [1.82, 2.24) is 0 Å². The van der Waals surface area contributed by atoms with Crippen LogP contribution in [0.5, 0.6) is 0 Å². The number of anilines is 2. The Balaban J connectivity index is 2.03.